The zero-order valence-electron chi connectivity index (χ0n) is 14.3. The van der Waals surface area contributed by atoms with Crippen LogP contribution in [0.25, 0.3) is 10.8 Å². The third-order valence-electron chi connectivity index (χ3n) is 4.58. The molecule has 1 aliphatic rings. The maximum atomic E-state index is 5.58. The quantitative estimate of drug-likeness (QED) is 0.779. The summed E-state index contributed by atoms with van der Waals surface area (Å²) in [5.41, 5.74) is 1.36. The number of benzene rings is 2. The standard InChI is InChI=1S/C19H26N2O.2ClH/c1-22-19-10-9-16-6-2-3-7-17(16)18(19)8-4-5-13-21-14-11-20-12-15-21;;/h2-3,6-7,9-10,20H,4-5,8,11-15H2,1H3;2*1H. The van der Waals surface area contributed by atoms with Gasteiger partial charge in [0.2, 0.25) is 0 Å². The van der Waals surface area contributed by atoms with E-state index >= 15 is 0 Å². The van der Waals surface area contributed by atoms with Crippen molar-refractivity contribution in [1.82, 2.24) is 10.2 Å². The van der Waals surface area contributed by atoms with E-state index in [1.54, 1.807) is 7.11 Å². The van der Waals surface area contributed by atoms with Gasteiger partial charge in [-0.2, -0.15) is 0 Å². The van der Waals surface area contributed by atoms with Crippen LogP contribution in [0.2, 0.25) is 0 Å². The van der Waals surface area contributed by atoms with Crippen LogP contribution in [0.15, 0.2) is 36.4 Å². The third-order valence-corrected chi connectivity index (χ3v) is 4.58. The molecule has 3 rings (SSSR count). The number of methoxy groups -OCH3 is 1. The molecule has 0 atom stereocenters. The number of unbranched alkanes of at least 4 members (excludes halogenated alkanes) is 1. The maximum absolute atomic E-state index is 5.58. The zero-order chi connectivity index (χ0) is 15.2. The van der Waals surface area contributed by atoms with Crippen LogP contribution in [0.4, 0.5) is 0 Å². The Kier molecular flexibility index (Phi) is 9.45. The molecule has 1 heterocycles. The minimum absolute atomic E-state index is 0. The van der Waals surface area contributed by atoms with Crippen LogP contribution in [-0.4, -0.2) is 44.7 Å². The predicted molar refractivity (Wildman–Crippen MR) is 107 cm³/mol. The lowest BCUT2D eigenvalue weighted by molar-refractivity contribution is 0.237. The number of ether oxygens (including phenoxy) is 1. The van der Waals surface area contributed by atoms with Gasteiger partial charge in [-0.05, 0) is 42.6 Å². The average molecular weight is 371 g/mol. The number of piperazine rings is 1. The van der Waals surface area contributed by atoms with Gasteiger partial charge < -0.3 is 15.0 Å². The highest BCUT2D eigenvalue weighted by Crippen LogP contribution is 2.29. The van der Waals surface area contributed by atoms with E-state index in [-0.39, 0.29) is 24.8 Å². The first-order chi connectivity index (χ1) is 10.9. The maximum Gasteiger partial charge on any atom is 0.122 e. The molecule has 134 valence electrons. The summed E-state index contributed by atoms with van der Waals surface area (Å²) in [6, 6.07) is 12.9. The number of hydrogen-bond donors (Lipinski definition) is 1. The smallest absolute Gasteiger partial charge is 0.122 e. The zero-order valence-corrected chi connectivity index (χ0v) is 15.9. The number of nitrogens with zero attached hydrogens (tertiary/aromatic N) is 1. The van der Waals surface area contributed by atoms with Gasteiger partial charge in [0, 0.05) is 31.7 Å². The van der Waals surface area contributed by atoms with Crippen molar-refractivity contribution in [3.05, 3.63) is 42.0 Å². The fourth-order valence-corrected chi connectivity index (χ4v) is 3.34. The Labute approximate surface area is 157 Å². The van der Waals surface area contributed by atoms with Crippen molar-refractivity contribution in [2.24, 2.45) is 0 Å². The van der Waals surface area contributed by atoms with Crippen molar-refractivity contribution in [3.8, 4) is 5.75 Å². The van der Waals surface area contributed by atoms with Gasteiger partial charge in [0.1, 0.15) is 5.75 Å². The van der Waals surface area contributed by atoms with E-state index in [4.69, 9.17) is 4.74 Å². The summed E-state index contributed by atoms with van der Waals surface area (Å²) in [6.45, 7) is 5.87. The third kappa shape index (κ3) is 5.25. The van der Waals surface area contributed by atoms with Gasteiger partial charge in [-0.25, -0.2) is 0 Å². The van der Waals surface area contributed by atoms with Gasteiger partial charge in [-0.3, -0.25) is 0 Å². The van der Waals surface area contributed by atoms with E-state index in [0.717, 1.165) is 25.3 Å². The Morgan fingerprint density at radius 2 is 1.75 bits per heavy atom. The van der Waals surface area contributed by atoms with Crippen LogP contribution in [0.5, 0.6) is 5.75 Å². The number of halogens is 2. The second kappa shape index (κ2) is 10.8. The monoisotopic (exact) mass is 370 g/mol. The van der Waals surface area contributed by atoms with Gasteiger partial charge in [0.25, 0.3) is 0 Å². The summed E-state index contributed by atoms with van der Waals surface area (Å²) in [6.07, 6.45) is 3.57. The molecule has 1 aliphatic heterocycles. The lowest BCUT2D eigenvalue weighted by atomic mass is 9.99. The van der Waals surface area contributed by atoms with Crippen LogP contribution in [-0.2, 0) is 6.42 Å². The summed E-state index contributed by atoms with van der Waals surface area (Å²) in [7, 11) is 1.77. The number of aryl methyl sites for hydroxylation is 1. The lowest BCUT2D eigenvalue weighted by Gasteiger charge is -2.27. The second-order valence-corrected chi connectivity index (χ2v) is 6.02. The van der Waals surface area contributed by atoms with Crippen LogP contribution in [0.3, 0.4) is 0 Å². The number of nitrogens with one attached hydrogen (secondary N) is 1. The molecule has 3 nitrogen and oxygen atoms in total. The summed E-state index contributed by atoms with van der Waals surface area (Å²) in [5.74, 6) is 1.03. The van der Waals surface area contributed by atoms with E-state index in [1.807, 2.05) is 0 Å². The summed E-state index contributed by atoms with van der Waals surface area (Å²) in [5, 5.41) is 6.05. The molecule has 0 radical (unpaired) electrons. The Hall–Kier alpha value is -1.00. The van der Waals surface area contributed by atoms with Crippen LogP contribution >= 0.6 is 24.8 Å². The molecule has 2 aromatic carbocycles. The first kappa shape index (κ1) is 21.0. The normalized spacial score (nSPS) is 14.7. The van der Waals surface area contributed by atoms with Crippen LogP contribution < -0.4 is 10.1 Å². The molecule has 2 aromatic rings. The molecule has 0 unspecified atom stereocenters. The van der Waals surface area contributed by atoms with Crippen molar-refractivity contribution in [2.45, 2.75) is 19.3 Å². The van der Waals surface area contributed by atoms with Crippen LogP contribution in [0.1, 0.15) is 18.4 Å². The molecule has 0 spiro atoms. The first-order valence-corrected chi connectivity index (χ1v) is 8.36. The minimum atomic E-state index is 0. The van der Waals surface area contributed by atoms with Crippen molar-refractivity contribution >= 4 is 35.6 Å². The van der Waals surface area contributed by atoms with E-state index in [1.165, 1.54) is 48.8 Å². The van der Waals surface area contributed by atoms with Gasteiger partial charge in [0.05, 0.1) is 7.11 Å². The molecule has 1 fully saturated rings. The Morgan fingerprint density at radius 1 is 1.00 bits per heavy atom. The highest BCUT2D eigenvalue weighted by Gasteiger charge is 2.10. The van der Waals surface area contributed by atoms with Crippen molar-refractivity contribution in [2.75, 3.05) is 39.8 Å². The van der Waals surface area contributed by atoms with E-state index in [2.05, 4.69) is 46.6 Å². The molecule has 1 saturated heterocycles. The van der Waals surface area contributed by atoms with E-state index in [0.29, 0.717) is 0 Å². The second-order valence-electron chi connectivity index (χ2n) is 6.02. The Morgan fingerprint density at radius 3 is 2.50 bits per heavy atom. The highest BCUT2D eigenvalue weighted by atomic mass is 35.5. The average Bonchev–Trinajstić information content (AvgIpc) is 2.59. The summed E-state index contributed by atoms with van der Waals surface area (Å²) < 4.78 is 5.58. The molecule has 0 amide bonds. The molecule has 0 saturated carbocycles. The fraction of sp³-hybridized carbons (Fsp3) is 0.474. The molecular formula is C19H28Cl2N2O. The fourth-order valence-electron chi connectivity index (χ4n) is 3.34. The summed E-state index contributed by atoms with van der Waals surface area (Å²) in [4.78, 5) is 2.57. The van der Waals surface area contributed by atoms with Gasteiger partial charge >= 0.3 is 0 Å². The van der Waals surface area contributed by atoms with Gasteiger partial charge in [-0.15, -0.1) is 24.8 Å². The van der Waals surface area contributed by atoms with Gasteiger partial charge in [-0.1, -0.05) is 30.3 Å². The Balaban J connectivity index is 0.00000144. The predicted octanol–water partition coefficient (Wildman–Crippen LogP) is 3.92. The number of hydrogen-bond acceptors (Lipinski definition) is 3. The topological polar surface area (TPSA) is 24.5 Å². The minimum Gasteiger partial charge on any atom is -0.496 e. The first-order valence-electron chi connectivity index (χ1n) is 8.36. The van der Waals surface area contributed by atoms with E-state index in [9.17, 15) is 0 Å². The number of rotatable bonds is 6. The van der Waals surface area contributed by atoms with Crippen molar-refractivity contribution in [3.63, 3.8) is 0 Å². The molecule has 0 aromatic heterocycles. The molecule has 0 bridgehead atoms. The summed E-state index contributed by atoms with van der Waals surface area (Å²) >= 11 is 0. The molecular weight excluding hydrogens is 343 g/mol. The van der Waals surface area contributed by atoms with Crippen molar-refractivity contribution in [1.29, 1.82) is 0 Å². The number of fused-ring (bicyclic) bond motifs is 1. The molecule has 5 heteroatoms. The molecule has 0 aliphatic carbocycles. The SMILES string of the molecule is COc1ccc2ccccc2c1CCCCN1CCNCC1.Cl.Cl. The Bertz CT molecular complexity index is 615. The van der Waals surface area contributed by atoms with Crippen LogP contribution in [0, 0.1) is 0 Å². The highest BCUT2D eigenvalue weighted by molar-refractivity contribution is 5.87. The van der Waals surface area contributed by atoms with E-state index < -0.39 is 0 Å². The van der Waals surface area contributed by atoms with Crippen molar-refractivity contribution < 1.29 is 4.74 Å². The van der Waals surface area contributed by atoms with Gasteiger partial charge in [0.15, 0.2) is 0 Å². The lowest BCUT2D eigenvalue weighted by Crippen LogP contribution is -2.43. The largest absolute Gasteiger partial charge is 0.496 e. The molecule has 1 N–H and O–H groups in total. The molecule has 24 heavy (non-hydrogen) atoms.